The van der Waals surface area contributed by atoms with E-state index in [0.29, 0.717) is 22.2 Å². The van der Waals surface area contributed by atoms with E-state index in [1.54, 1.807) is 11.2 Å². The van der Waals surface area contributed by atoms with E-state index in [4.69, 9.17) is 23.2 Å². The Morgan fingerprint density at radius 2 is 1.73 bits per heavy atom. The number of sulfonamides is 1. The SMILES string of the molecule is Cc1c(Cl)cc(S(=O)(=O)N2C3CCNCC2CC3)cc1Cl.Cl. The van der Waals surface area contributed by atoms with Crippen LogP contribution in [0.15, 0.2) is 17.0 Å². The number of benzene rings is 1. The first kappa shape index (κ1) is 18.3. The van der Waals surface area contributed by atoms with Crippen molar-refractivity contribution < 1.29 is 8.42 Å². The van der Waals surface area contributed by atoms with Gasteiger partial charge in [0.15, 0.2) is 0 Å². The molecule has 0 amide bonds. The van der Waals surface area contributed by atoms with Crippen LogP contribution in [0.2, 0.25) is 10.0 Å². The Hall–Kier alpha value is -0.0400. The van der Waals surface area contributed by atoms with Crippen molar-refractivity contribution in [3.63, 3.8) is 0 Å². The van der Waals surface area contributed by atoms with Gasteiger partial charge >= 0.3 is 0 Å². The molecule has 2 bridgehead atoms. The standard InChI is InChI=1S/C14H18Cl2N2O2S.ClH/c1-9-13(15)6-12(7-14(9)16)21(19,20)18-10-2-3-11(18)8-17-5-4-10;/h6-7,10-11,17H,2-5,8H2,1H3;1H. The van der Waals surface area contributed by atoms with Gasteiger partial charge in [0.2, 0.25) is 10.0 Å². The Bertz CT molecular complexity index is 629. The molecular weight excluding hydrogens is 367 g/mol. The van der Waals surface area contributed by atoms with Crippen LogP contribution in [-0.2, 0) is 10.0 Å². The van der Waals surface area contributed by atoms with Crippen LogP contribution in [0.3, 0.4) is 0 Å². The molecule has 1 aromatic carbocycles. The van der Waals surface area contributed by atoms with E-state index in [0.717, 1.165) is 25.8 Å². The summed E-state index contributed by atoms with van der Waals surface area (Å²) < 4.78 is 27.7. The highest BCUT2D eigenvalue weighted by Gasteiger charge is 2.43. The summed E-state index contributed by atoms with van der Waals surface area (Å²) in [5.41, 5.74) is 0.706. The van der Waals surface area contributed by atoms with Gasteiger partial charge in [0.05, 0.1) is 4.90 Å². The maximum Gasteiger partial charge on any atom is 0.243 e. The second kappa shape index (κ2) is 6.83. The van der Waals surface area contributed by atoms with Gasteiger partial charge in [0.1, 0.15) is 0 Å². The smallest absolute Gasteiger partial charge is 0.243 e. The molecule has 0 aromatic heterocycles. The minimum Gasteiger partial charge on any atom is -0.315 e. The molecule has 8 heteroatoms. The first-order valence-electron chi connectivity index (χ1n) is 7.11. The van der Waals surface area contributed by atoms with Crippen molar-refractivity contribution in [2.24, 2.45) is 0 Å². The van der Waals surface area contributed by atoms with E-state index < -0.39 is 10.0 Å². The second-order valence-corrected chi connectivity index (χ2v) is 8.38. The quantitative estimate of drug-likeness (QED) is 0.850. The summed E-state index contributed by atoms with van der Waals surface area (Å²) in [6.45, 7) is 3.35. The first-order chi connectivity index (χ1) is 9.91. The summed E-state index contributed by atoms with van der Waals surface area (Å²) in [4.78, 5) is 0.196. The fourth-order valence-electron chi connectivity index (χ4n) is 3.22. The molecule has 22 heavy (non-hydrogen) atoms. The number of nitrogens with zero attached hydrogens (tertiary/aromatic N) is 1. The summed E-state index contributed by atoms with van der Waals surface area (Å²) in [6, 6.07) is 3.13. The monoisotopic (exact) mass is 384 g/mol. The van der Waals surface area contributed by atoms with E-state index in [1.807, 2.05) is 0 Å². The predicted molar refractivity (Wildman–Crippen MR) is 91.8 cm³/mol. The van der Waals surface area contributed by atoms with Gasteiger partial charge < -0.3 is 5.32 Å². The van der Waals surface area contributed by atoms with Gasteiger partial charge in [-0.2, -0.15) is 4.31 Å². The Labute approximate surface area is 147 Å². The number of nitrogens with one attached hydrogen (secondary N) is 1. The minimum atomic E-state index is -3.56. The lowest BCUT2D eigenvalue weighted by molar-refractivity contribution is 0.334. The van der Waals surface area contributed by atoms with E-state index in [2.05, 4.69) is 5.32 Å². The van der Waals surface area contributed by atoms with E-state index >= 15 is 0 Å². The van der Waals surface area contributed by atoms with Gasteiger partial charge in [0, 0.05) is 28.7 Å². The summed E-state index contributed by atoms with van der Waals surface area (Å²) >= 11 is 12.2. The number of hydrogen-bond donors (Lipinski definition) is 1. The average Bonchev–Trinajstić information content (AvgIpc) is 2.69. The highest BCUT2D eigenvalue weighted by molar-refractivity contribution is 7.89. The summed E-state index contributed by atoms with van der Waals surface area (Å²) in [5, 5.41) is 4.09. The molecule has 2 fully saturated rings. The van der Waals surface area contributed by atoms with Crippen LogP contribution in [0.4, 0.5) is 0 Å². The van der Waals surface area contributed by atoms with Crippen molar-refractivity contribution in [3.8, 4) is 0 Å². The molecule has 2 unspecified atom stereocenters. The number of halogens is 3. The lowest BCUT2D eigenvalue weighted by Gasteiger charge is -2.27. The fraction of sp³-hybridized carbons (Fsp3) is 0.571. The van der Waals surface area contributed by atoms with Crippen molar-refractivity contribution in [2.45, 2.75) is 43.2 Å². The molecule has 2 aliphatic rings. The molecule has 1 N–H and O–H groups in total. The third kappa shape index (κ3) is 3.12. The van der Waals surface area contributed by atoms with Gasteiger partial charge in [-0.05, 0) is 50.4 Å². The Kier molecular flexibility index (Phi) is 5.68. The highest BCUT2D eigenvalue weighted by Crippen LogP contribution is 2.36. The van der Waals surface area contributed by atoms with Crippen molar-refractivity contribution >= 4 is 45.6 Å². The first-order valence-corrected chi connectivity index (χ1v) is 9.31. The Balaban J connectivity index is 0.00000176. The van der Waals surface area contributed by atoms with E-state index in [1.165, 1.54) is 12.1 Å². The van der Waals surface area contributed by atoms with E-state index in [-0.39, 0.29) is 29.4 Å². The zero-order valence-electron chi connectivity index (χ0n) is 12.2. The molecule has 0 aliphatic carbocycles. The normalized spacial score (nSPS) is 25.6. The highest BCUT2D eigenvalue weighted by atomic mass is 35.5. The molecule has 2 aliphatic heterocycles. The van der Waals surface area contributed by atoms with Crippen LogP contribution in [-0.4, -0.2) is 37.9 Å². The molecule has 0 spiro atoms. The van der Waals surface area contributed by atoms with Gasteiger partial charge in [-0.25, -0.2) is 8.42 Å². The molecule has 0 saturated carbocycles. The largest absolute Gasteiger partial charge is 0.315 e. The van der Waals surface area contributed by atoms with Crippen LogP contribution in [0.5, 0.6) is 0 Å². The second-order valence-electron chi connectivity index (χ2n) is 5.72. The number of fused-ring (bicyclic) bond motifs is 2. The molecule has 2 heterocycles. The van der Waals surface area contributed by atoms with Gasteiger partial charge in [0.25, 0.3) is 0 Å². The zero-order chi connectivity index (χ0) is 15.2. The summed E-state index contributed by atoms with van der Waals surface area (Å²) in [5.74, 6) is 0. The molecular formula is C14H19Cl3N2O2S. The van der Waals surface area contributed by atoms with Gasteiger partial charge in [-0.15, -0.1) is 12.4 Å². The Morgan fingerprint density at radius 1 is 1.14 bits per heavy atom. The predicted octanol–water partition coefficient (Wildman–Crippen LogP) is 3.24. The molecule has 1 aromatic rings. The summed E-state index contributed by atoms with van der Waals surface area (Å²) in [7, 11) is -3.56. The fourth-order valence-corrected chi connectivity index (χ4v) is 5.79. The van der Waals surface area contributed by atoms with Crippen LogP contribution in [0.25, 0.3) is 0 Å². The maximum absolute atomic E-state index is 13.0. The van der Waals surface area contributed by atoms with Crippen LogP contribution in [0.1, 0.15) is 24.8 Å². The van der Waals surface area contributed by atoms with Crippen LogP contribution >= 0.6 is 35.6 Å². The van der Waals surface area contributed by atoms with Crippen LogP contribution in [0, 0.1) is 6.92 Å². The Morgan fingerprint density at radius 3 is 2.36 bits per heavy atom. The van der Waals surface area contributed by atoms with Crippen molar-refractivity contribution in [2.75, 3.05) is 13.1 Å². The van der Waals surface area contributed by atoms with E-state index in [9.17, 15) is 8.42 Å². The van der Waals surface area contributed by atoms with Crippen LogP contribution < -0.4 is 5.32 Å². The zero-order valence-corrected chi connectivity index (χ0v) is 15.3. The number of hydrogen-bond acceptors (Lipinski definition) is 3. The molecule has 4 nitrogen and oxygen atoms in total. The van der Waals surface area contributed by atoms with Gasteiger partial charge in [-0.3, -0.25) is 0 Å². The lowest BCUT2D eigenvalue weighted by atomic mass is 10.1. The minimum absolute atomic E-state index is 0. The van der Waals surface area contributed by atoms with Gasteiger partial charge in [-0.1, -0.05) is 23.2 Å². The lowest BCUT2D eigenvalue weighted by Crippen LogP contribution is -2.42. The molecule has 2 saturated heterocycles. The third-order valence-corrected chi connectivity index (χ3v) is 7.18. The third-order valence-electron chi connectivity index (χ3n) is 4.42. The molecule has 0 radical (unpaired) electrons. The molecule has 2 atom stereocenters. The summed E-state index contributed by atoms with van der Waals surface area (Å²) in [6.07, 6.45) is 2.69. The van der Waals surface area contributed by atoms with Crippen molar-refractivity contribution in [1.29, 1.82) is 0 Å². The number of rotatable bonds is 2. The van der Waals surface area contributed by atoms with Crippen molar-refractivity contribution in [1.82, 2.24) is 9.62 Å². The molecule has 124 valence electrons. The van der Waals surface area contributed by atoms with Crippen molar-refractivity contribution in [3.05, 3.63) is 27.7 Å². The molecule has 3 rings (SSSR count). The topological polar surface area (TPSA) is 49.4 Å². The average molecular weight is 386 g/mol. The maximum atomic E-state index is 13.0.